The van der Waals surface area contributed by atoms with Crippen molar-refractivity contribution in [3.8, 4) is 0 Å². The summed E-state index contributed by atoms with van der Waals surface area (Å²) in [6, 6.07) is 16.8. The zero-order chi connectivity index (χ0) is 46.2. The Bertz CT molecular complexity index is 1630. The van der Waals surface area contributed by atoms with E-state index in [0.717, 1.165) is 44.1 Å². The quantitative estimate of drug-likeness (QED) is 0.0661. The van der Waals surface area contributed by atoms with Crippen molar-refractivity contribution in [3.05, 3.63) is 66.1 Å². The molecule has 1 unspecified atom stereocenters. The van der Waals surface area contributed by atoms with Crippen molar-refractivity contribution in [2.75, 3.05) is 46.5 Å². The van der Waals surface area contributed by atoms with Crippen LogP contribution in [0.1, 0.15) is 135 Å². The number of fused-ring (bicyclic) bond motifs is 1. The van der Waals surface area contributed by atoms with Crippen molar-refractivity contribution >= 4 is 41.2 Å². The minimum Gasteiger partial charge on any atom is -0.444 e. The molecule has 348 valence electrons. The fourth-order valence-corrected chi connectivity index (χ4v) is 6.32. The van der Waals surface area contributed by atoms with Gasteiger partial charge in [0.1, 0.15) is 17.2 Å². The molecule has 62 heavy (non-hydrogen) atoms. The molecule has 14 heteroatoms. The van der Waals surface area contributed by atoms with Gasteiger partial charge in [0.25, 0.3) is 5.89 Å². The monoisotopic (exact) mass is 868 g/mol. The van der Waals surface area contributed by atoms with Gasteiger partial charge in [-0.3, -0.25) is 19.2 Å². The molecular formula is C48H77N5O9. The van der Waals surface area contributed by atoms with Gasteiger partial charge in [-0.15, -0.1) is 0 Å². The van der Waals surface area contributed by atoms with E-state index in [1.807, 2.05) is 40.7 Å². The number of aliphatic hydroxyl groups excluding tert-OH is 1. The number of aliphatic hydroxyl groups is 1. The Labute approximate surface area is 370 Å². The van der Waals surface area contributed by atoms with Gasteiger partial charge in [-0.25, -0.2) is 9.78 Å². The predicted molar refractivity (Wildman–Crippen MR) is 245 cm³/mol. The number of benzene rings is 2. The van der Waals surface area contributed by atoms with Crippen LogP contribution in [0.4, 0.5) is 4.79 Å². The molecule has 1 atom stereocenters. The van der Waals surface area contributed by atoms with E-state index in [-0.39, 0.29) is 31.0 Å². The lowest BCUT2D eigenvalue weighted by Gasteiger charge is -2.23. The molecule has 1 aromatic heterocycles. The summed E-state index contributed by atoms with van der Waals surface area (Å²) in [6.45, 7) is 15.9. The number of likely N-dealkylation sites (tertiary alicyclic amines) is 1. The van der Waals surface area contributed by atoms with Crippen molar-refractivity contribution in [3.63, 3.8) is 0 Å². The number of amides is 4. The number of ether oxygens (including phenoxy) is 2. The van der Waals surface area contributed by atoms with Gasteiger partial charge in [0.2, 0.25) is 24.0 Å². The third-order valence-electron chi connectivity index (χ3n) is 9.73. The Kier molecular flexibility index (Phi) is 29.2. The number of carbonyl (C=O) groups is 5. The molecule has 3 aliphatic rings. The molecule has 0 radical (unpaired) electrons. The summed E-state index contributed by atoms with van der Waals surface area (Å²) in [4.78, 5) is 63.4. The van der Waals surface area contributed by atoms with Crippen molar-refractivity contribution in [1.29, 1.82) is 0 Å². The fourth-order valence-electron chi connectivity index (χ4n) is 6.32. The van der Waals surface area contributed by atoms with Crippen LogP contribution in [0.15, 0.2) is 59.0 Å². The van der Waals surface area contributed by atoms with Gasteiger partial charge in [-0.2, -0.15) is 0 Å². The highest BCUT2D eigenvalue weighted by Crippen LogP contribution is 2.28. The molecule has 1 saturated heterocycles. The van der Waals surface area contributed by atoms with Gasteiger partial charge >= 0.3 is 6.09 Å². The van der Waals surface area contributed by atoms with Gasteiger partial charge in [-0.1, -0.05) is 102 Å². The van der Waals surface area contributed by atoms with Crippen LogP contribution in [0, 0.1) is 11.8 Å². The van der Waals surface area contributed by atoms with E-state index < -0.39 is 23.3 Å². The second kappa shape index (κ2) is 32.8. The number of methoxy groups -OCH3 is 1. The maximum absolute atomic E-state index is 12.3. The lowest BCUT2D eigenvalue weighted by atomic mass is 10.1. The molecule has 3 aromatic rings. The van der Waals surface area contributed by atoms with E-state index in [4.69, 9.17) is 19.0 Å². The molecule has 2 aromatic carbocycles. The standard InChI is InChI=1S/C17H18N4O5.C9H19NO2.C8H10.C7H14O.C5H10O.C2H6/c22-10-18-9-15(24)21-7-3-5-12(21)16(25)19-8-13(23)17-20-11-4-1-2-6-14(11)26-17;1-5-6-7-10-8(11)12-9(2,3)4;1-2-8-6-4-3-5-7-8;8-6-5-7-3-1-2-4-7;1-6-4-5-2-3-5;1-2/h1-2,4,6,10,12H,3,5,7-9H2,(H,18,22)(H,19,25);5-7H2,1-4H3,(H,10,11);3-7H,2H2,1H3;7-8H,1-6H2;5H,2-4H2,1H3;1-2H3. The Morgan fingerprint density at radius 3 is 2.08 bits per heavy atom. The zero-order valence-corrected chi connectivity index (χ0v) is 38.8. The van der Waals surface area contributed by atoms with Crippen molar-refractivity contribution in [1.82, 2.24) is 25.8 Å². The van der Waals surface area contributed by atoms with E-state index in [9.17, 15) is 24.0 Å². The molecule has 1 aliphatic heterocycles. The number of Topliss-reactive ketones (excluding diaryl/α,β-unsaturated/α-hetero) is 1. The lowest BCUT2D eigenvalue weighted by molar-refractivity contribution is -0.138. The van der Waals surface area contributed by atoms with Crippen molar-refractivity contribution < 1.29 is 43.0 Å². The first-order valence-electron chi connectivity index (χ1n) is 22.6. The summed E-state index contributed by atoms with van der Waals surface area (Å²) in [5, 5.41) is 16.0. The van der Waals surface area contributed by atoms with Crippen LogP contribution in [0.2, 0.25) is 0 Å². The number of carbonyl (C=O) groups excluding carboxylic acids is 5. The average Bonchev–Trinajstić information content (AvgIpc) is 3.61. The van der Waals surface area contributed by atoms with Crippen LogP contribution in [0.25, 0.3) is 11.1 Å². The van der Waals surface area contributed by atoms with E-state index in [2.05, 4.69) is 59.0 Å². The van der Waals surface area contributed by atoms with E-state index >= 15 is 0 Å². The zero-order valence-electron chi connectivity index (χ0n) is 38.8. The number of oxazole rings is 1. The number of hydrogen-bond acceptors (Lipinski definition) is 10. The third kappa shape index (κ3) is 24.6. The summed E-state index contributed by atoms with van der Waals surface area (Å²) in [5.74, 6) is 0.524. The van der Waals surface area contributed by atoms with Crippen LogP contribution >= 0.6 is 0 Å². The fraction of sp³-hybridized carbons (Fsp3) is 0.625. The Morgan fingerprint density at radius 2 is 1.55 bits per heavy atom. The number of aromatic nitrogens is 1. The highest BCUT2D eigenvalue weighted by Gasteiger charge is 2.34. The summed E-state index contributed by atoms with van der Waals surface area (Å²) in [7, 11) is 1.76. The molecule has 14 nitrogen and oxygen atoms in total. The minimum atomic E-state index is -0.646. The second-order valence-electron chi connectivity index (χ2n) is 16.1. The van der Waals surface area contributed by atoms with E-state index in [0.29, 0.717) is 50.0 Å². The highest BCUT2D eigenvalue weighted by molar-refractivity contribution is 5.98. The summed E-state index contributed by atoms with van der Waals surface area (Å²) < 4.78 is 15.3. The van der Waals surface area contributed by atoms with Gasteiger partial charge in [0.05, 0.1) is 13.1 Å². The molecule has 4 N–H and O–H groups in total. The first kappa shape index (κ1) is 55.2. The SMILES string of the molecule is CC.CCCCNC(=O)OC(C)(C)C.CCc1ccccc1.COCC1CC1.O=CNCC(=O)N1CCCC1C(=O)NCC(=O)c1nc2ccccc2o1.OCCC1CCCC1. The van der Waals surface area contributed by atoms with Gasteiger partial charge in [0.15, 0.2) is 5.58 Å². The van der Waals surface area contributed by atoms with Gasteiger partial charge in [-0.05, 0) is 95.2 Å². The largest absolute Gasteiger partial charge is 0.444 e. The first-order chi connectivity index (χ1) is 29.8. The summed E-state index contributed by atoms with van der Waals surface area (Å²) in [6.07, 6.45) is 13.9. The molecule has 3 fully saturated rings. The number of aryl methyl sites for hydroxylation is 1. The first-order valence-corrected chi connectivity index (χ1v) is 22.6. The van der Waals surface area contributed by atoms with Crippen LogP contribution < -0.4 is 16.0 Å². The molecular weight excluding hydrogens is 791 g/mol. The normalized spacial score (nSPS) is 15.2. The molecule has 0 bridgehead atoms. The number of nitrogens with one attached hydrogen (secondary N) is 3. The Hall–Kier alpha value is -4.82. The average molecular weight is 868 g/mol. The molecule has 2 aliphatic carbocycles. The van der Waals surface area contributed by atoms with Gasteiger partial charge in [0, 0.05) is 33.4 Å². The van der Waals surface area contributed by atoms with Crippen LogP contribution in [-0.2, 0) is 30.3 Å². The molecule has 2 heterocycles. The lowest BCUT2D eigenvalue weighted by Crippen LogP contribution is -2.49. The number of unbranched alkanes of at least 4 members (excludes halogenated alkanes) is 1. The van der Waals surface area contributed by atoms with Crippen LogP contribution in [0.5, 0.6) is 0 Å². The molecule has 2 saturated carbocycles. The van der Waals surface area contributed by atoms with Crippen molar-refractivity contribution in [2.24, 2.45) is 11.8 Å². The highest BCUT2D eigenvalue weighted by atomic mass is 16.6. The Balaban J connectivity index is 0.000000440. The second-order valence-corrected chi connectivity index (χ2v) is 16.1. The third-order valence-corrected chi connectivity index (χ3v) is 9.73. The van der Waals surface area contributed by atoms with Crippen LogP contribution in [-0.4, -0.2) is 103 Å². The minimum absolute atomic E-state index is 0.0685. The molecule has 4 amide bonds. The maximum atomic E-state index is 12.3. The van der Waals surface area contributed by atoms with Crippen molar-refractivity contribution in [2.45, 2.75) is 137 Å². The summed E-state index contributed by atoms with van der Waals surface area (Å²) in [5.41, 5.74) is 2.08. The molecule has 0 spiro atoms. The molecule has 6 rings (SSSR count). The van der Waals surface area contributed by atoms with Crippen LogP contribution in [0.3, 0.4) is 0 Å². The summed E-state index contributed by atoms with van der Waals surface area (Å²) >= 11 is 0. The predicted octanol–water partition coefficient (Wildman–Crippen LogP) is 8.05. The number of hydrogen-bond donors (Lipinski definition) is 4. The van der Waals surface area contributed by atoms with E-state index in [1.165, 1.54) is 49.0 Å². The topological polar surface area (TPSA) is 189 Å². The number of nitrogens with zero attached hydrogens (tertiary/aromatic N) is 2. The Morgan fingerprint density at radius 1 is 0.887 bits per heavy atom. The number of alkyl carbamates (subject to hydrolysis) is 1. The number of rotatable bonds is 15. The number of ketones is 1. The smallest absolute Gasteiger partial charge is 0.407 e. The number of para-hydroxylation sites is 2. The maximum Gasteiger partial charge on any atom is 0.407 e. The van der Waals surface area contributed by atoms with Gasteiger partial charge < -0.3 is 39.8 Å². The van der Waals surface area contributed by atoms with E-state index in [1.54, 1.807) is 31.4 Å².